The van der Waals surface area contributed by atoms with E-state index in [1.165, 1.54) is 0 Å². The number of hydrogen-bond donors (Lipinski definition) is 4. The summed E-state index contributed by atoms with van der Waals surface area (Å²) in [5.74, 6) is -2.12. The molecule has 13 heavy (non-hydrogen) atoms. The summed E-state index contributed by atoms with van der Waals surface area (Å²) in [6.45, 7) is 3.15. The minimum Gasteiger partial charge on any atom is -0.388 e. The Balaban J connectivity index is 2.79. The van der Waals surface area contributed by atoms with Gasteiger partial charge in [-0.3, -0.25) is 0 Å². The van der Waals surface area contributed by atoms with Crippen LogP contribution >= 0.6 is 0 Å². The highest BCUT2D eigenvalue weighted by molar-refractivity contribution is 4.92. The lowest BCUT2D eigenvalue weighted by Crippen LogP contribution is -2.63. The van der Waals surface area contributed by atoms with Crippen LogP contribution in [0.2, 0.25) is 0 Å². The van der Waals surface area contributed by atoms with Gasteiger partial charge in [-0.25, -0.2) is 0 Å². The fraction of sp³-hybridized carbons (Fsp3) is 1.00. The van der Waals surface area contributed by atoms with E-state index in [9.17, 15) is 15.3 Å². The van der Waals surface area contributed by atoms with E-state index >= 15 is 0 Å². The van der Waals surface area contributed by atoms with Crippen LogP contribution in [-0.2, 0) is 4.74 Å². The van der Waals surface area contributed by atoms with Gasteiger partial charge in [0.2, 0.25) is 0 Å². The fourth-order valence-corrected chi connectivity index (χ4v) is 1.37. The fourth-order valence-electron chi connectivity index (χ4n) is 1.37. The number of rotatable bonds is 1. The minimum atomic E-state index is -1.77. The Kier molecular flexibility index (Phi) is 2.94. The van der Waals surface area contributed by atoms with Gasteiger partial charge in [-0.1, -0.05) is 13.8 Å². The van der Waals surface area contributed by atoms with E-state index in [-0.39, 0.29) is 12.5 Å². The summed E-state index contributed by atoms with van der Waals surface area (Å²) in [4.78, 5) is 0. The third kappa shape index (κ3) is 1.70. The predicted octanol–water partition coefficient (Wildman–Crippen LogP) is -1.56. The Morgan fingerprint density at radius 1 is 1.31 bits per heavy atom. The summed E-state index contributed by atoms with van der Waals surface area (Å²) in [6, 6.07) is 0. The van der Waals surface area contributed by atoms with E-state index in [0.29, 0.717) is 0 Å². The van der Waals surface area contributed by atoms with Crippen LogP contribution in [-0.4, -0.2) is 51.1 Å². The molecule has 0 radical (unpaired) electrons. The number of ether oxygens (including phenoxy) is 1. The first kappa shape index (κ1) is 10.9. The third-order valence-corrected chi connectivity index (χ3v) is 2.45. The molecular weight excluding hydrogens is 176 g/mol. The molecule has 0 amide bonds. The lowest BCUT2D eigenvalue weighted by atomic mass is 9.89. The van der Waals surface area contributed by atoms with Gasteiger partial charge in [-0.2, -0.15) is 0 Å². The molecular formula is C8H16O5. The molecule has 1 fully saturated rings. The van der Waals surface area contributed by atoms with E-state index < -0.39 is 24.1 Å². The minimum absolute atomic E-state index is 0.174. The lowest BCUT2D eigenvalue weighted by Gasteiger charge is -2.43. The molecule has 0 bridgehead atoms. The number of aliphatic hydroxyl groups is 4. The largest absolute Gasteiger partial charge is 0.388 e. The van der Waals surface area contributed by atoms with Crippen LogP contribution in [0.4, 0.5) is 0 Å². The first-order valence-corrected chi connectivity index (χ1v) is 4.30. The highest BCUT2D eigenvalue weighted by atomic mass is 16.6. The Bertz CT molecular complexity index is 183. The smallest absolute Gasteiger partial charge is 0.197 e. The Morgan fingerprint density at radius 3 is 2.31 bits per heavy atom. The second kappa shape index (κ2) is 3.51. The molecule has 2 unspecified atom stereocenters. The van der Waals surface area contributed by atoms with Gasteiger partial charge in [0.15, 0.2) is 5.79 Å². The molecule has 1 rings (SSSR count). The first-order valence-electron chi connectivity index (χ1n) is 4.30. The standard InChI is InChI=1S/C8H16O5/c1-4(2)8(12)7(11)6(10)5(9)3-13-8/h4-7,9-12H,3H2,1-2H3/t5-,6-,7?,8?/m0/s1. The van der Waals surface area contributed by atoms with Gasteiger partial charge in [0.25, 0.3) is 0 Å². The molecule has 5 nitrogen and oxygen atoms in total. The van der Waals surface area contributed by atoms with Crippen LogP contribution < -0.4 is 0 Å². The summed E-state index contributed by atoms with van der Waals surface area (Å²) >= 11 is 0. The number of aliphatic hydroxyl groups excluding tert-OH is 3. The average Bonchev–Trinajstić information content (AvgIpc) is 2.08. The molecule has 4 atom stereocenters. The topological polar surface area (TPSA) is 90.2 Å². The molecule has 0 spiro atoms. The maximum atomic E-state index is 9.76. The lowest BCUT2D eigenvalue weighted by molar-refractivity contribution is -0.338. The van der Waals surface area contributed by atoms with Gasteiger partial charge in [0, 0.05) is 5.92 Å². The van der Waals surface area contributed by atoms with Gasteiger partial charge in [-0.05, 0) is 0 Å². The van der Waals surface area contributed by atoms with Crippen molar-refractivity contribution >= 4 is 0 Å². The van der Waals surface area contributed by atoms with Gasteiger partial charge >= 0.3 is 0 Å². The normalized spacial score (nSPS) is 46.8. The van der Waals surface area contributed by atoms with Crippen molar-refractivity contribution in [2.45, 2.75) is 37.9 Å². The Morgan fingerprint density at radius 2 is 1.85 bits per heavy atom. The van der Waals surface area contributed by atoms with Crippen LogP contribution in [0.3, 0.4) is 0 Å². The molecule has 0 aliphatic carbocycles. The third-order valence-electron chi connectivity index (χ3n) is 2.45. The summed E-state index contributed by atoms with van der Waals surface area (Å²) in [5.41, 5.74) is 0. The summed E-state index contributed by atoms with van der Waals surface area (Å²) < 4.78 is 4.92. The van der Waals surface area contributed by atoms with E-state index in [0.717, 1.165) is 0 Å². The molecule has 4 N–H and O–H groups in total. The average molecular weight is 192 g/mol. The van der Waals surface area contributed by atoms with Gasteiger partial charge in [0.1, 0.15) is 18.3 Å². The molecule has 5 heteroatoms. The molecule has 0 aromatic rings. The van der Waals surface area contributed by atoms with E-state index in [2.05, 4.69) is 0 Å². The first-order chi connectivity index (χ1) is 5.89. The van der Waals surface area contributed by atoms with Crippen molar-refractivity contribution in [2.24, 2.45) is 5.92 Å². The van der Waals surface area contributed by atoms with E-state index in [4.69, 9.17) is 9.84 Å². The zero-order valence-electron chi connectivity index (χ0n) is 7.71. The van der Waals surface area contributed by atoms with E-state index in [1.807, 2.05) is 0 Å². The van der Waals surface area contributed by atoms with Crippen molar-refractivity contribution < 1.29 is 25.2 Å². The molecule has 0 aromatic heterocycles. The van der Waals surface area contributed by atoms with Crippen molar-refractivity contribution in [1.82, 2.24) is 0 Å². The van der Waals surface area contributed by atoms with Crippen molar-refractivity contribution in [1.29, 1.82) is 0 Å². The second-order valence-electron chi connectivity index (χ2n) is 3.72. The second-order valence-corrected chi connectivity index (χ2v) is 3.72. The zero-order chi connectivity index (χ0) is 10.2. The summed E-state index contributed by atoms with van der Waals surface area (Å²) in [6.07, 6.45) is -3.98. The highest BCUT2D eigenvalue weighted by Gasteiger charge is 2.50. The number of hydrogen-bond acceptors (Lipinski definition) is 5. The van der Waals surface area contributed by atoms with Crippen molar-refractivity contribution in [2.75, 3.05) is 6.61 Å². The molecule has 1 saturated heterocycles. The van der Waals surface area contributed by atoms with Crippen LogP contribution in [0.15, 0.2) is 0 Å². The monoisotopic (exact) mass is 192 g/mol. The van der Waals surface area contributed by atoms with Crippen molar-refractivity contribution in [3.63, 3.8) is 0 Å². The van der Waals surface area contributed by atoms with Gasteiger partial charge in [-0.15, -0.1) is 0 Å². The van der Waals surface area contributed by atoms with E-state index in [1.54, 1.807) is 13.8 Å². The highest BCUT2D eigenvalue weighted by Crippen LogP contribution is 2.30. The van der Waals surface area contributed by atoms with Crippen molar-refractivity contribution in [3.8, 4) is 0 Å². The molecule has 1 heterocycles. The SMILES string of the molecule is CC(C)C1(O)OC[C@H](O)[C@H](O)C1O. The Hall–Kier alpha value is -0.200. The Labute approximate surface area is 76.6 Å². The zero-order valence-corrected chi connectivity index (χ0v) is 7.71. The van der Waals surface area contributed by atoms with Gasteiger partial charge < -0.3 is 25.2 Å². The van der Waals surface area contributed by atoms with Crippen LogP contribution in [0.25, 0.3) is 0 Å². The predicted molar refractivity (Wildman–Crippen MR) is 43.8 cm³/mol. The molecule has 78 valence electrons. The maximum absolute atomic E-state index is 9.76. The molecule has 0 aromatic carbocycles. The maximum Gasteiger partial charge on any atom is 0.197 e. The molecule has 1 aliphatic rings. The summed E-state index contributed by atoms with van der Waals surface area (Å²) in [5, 5.41) is 37.6. The quantitative estimate of drug-likeness (QED) is 0.403. The van der Waals surface area contributed by atoms with Crippen LogP contribution in [0.5, 0.6) is 0 Å². The van der Waals surface area contributed by atoms with Crippen LogP contribution in [0.1, 0.15) is 13.8 Å². The molecule has 0 saturated carbocycles. The summed E-state index contributed by atoms with van der Waals surface area (Å²) in [7, 11) is 0. The molecule has 1 aliphatic heterocycles. The van der Waals surface area contributed by atoms with Gasteiger partial charge in [0.05, 0.1) is 6.61 Å². The van der Waals surface area contributed by atoms with Crippen molar-refractivity contribution in [3.05, 3.63) is 0 Å². The van der Waals surface area contributed by atoms with Crippen LogP contribution in [0, 0.1) is 5.92 Å².